The smallest absolute Gasteiger partial charge is 0.407 e. The number of hydrogen-bond acceptors (Lipinski definition) is 3. The highest BCUT2D eigenvalue weighted by molar-refractivity contribution is 5.86. The lowest BCUT2D eigenvalue weighted by Gasteiger charge is -2.39. The molecule has 0 aromatic rings. The van der Waals surface area contributed by atoms with Crippen molar-refractivity contribution in [3.05, 3.63) is 0 Å². The SMILES string of the molecule is O=C(O)N1CCC[C@]2(CCN([C@H]3CC[C@@H](O)CC3)C2=O)C1. The summed E-state index contributed by atoms with van der Waals surface area (Å²) in [6, 6.07) is 0.237. The monoisotopic (exact) mass is 296 g/mol. The van der Waals surface area contributed by atoms with Gasteiger partial charge in [0.25, 0.3) is 0 Å². The molecule has 2 amide bonds. The molecule has 6 heteroatoms. The van der Waals surface area contributed by atoms with Crippen LogP contribution in [0.15, 0.2) is 0 Å². The van der Waals surface area contributed by atoms with Crippen molar-refractivity contribution in [1.29, 1.82) is 0 Å². The van der Waals surface area contributed by atoms with Crippen molar-refractivity contribution in [2.75, 3.05) is 19.6 Å². The molecule has 2 saturated heterocycles. The topological polar surface area (TPSA) is 81.1 Å². The van der Waals surface area contributed by atoms with Crippen molar-refractivity contribution in [2.24, 2.45) is 5.41 Å². The highest BCUT2D eigenvalue weighted by Crippen LogP contribution is 2.42. The fourth-order valence-corrected chi connectivity index (χ4v) is 4.24. The van der Waals surface area contributed by atoms with Gasteiger partial charge in [0.15, 0.2) is 0 Å². The highest BCUT2D eigenvalue weighted by atomic mass is 16.4. The van der Waals surface area contributed by atoms with Gasteiger partial charge in [0.1, 0.15) is 0 Å². The number of hydrogen-bond donors (Lipinski definition) is 2. The summed E-state index contributed by atoms with van der Waals surface area (Å²) >= 11 is 0. The maximum atomic E-state index is 12.9. The first-order chi connectivity index (χ1) is 10.0. The van der Waals surface area contributed by atoms with Crippen LogP contribution in [0, 0.1) is 5.41 Å². The van der Waals surface area contributed by atoms with Crippen molar-refractivity contribution in [2.45, 2.75) is 57.1 Å². The number of piperidine rings is 1. The number of nitrogens with zero attached hydrogens (tertiary/aromatic N) is 2. The molecule has 2 heterocycles. The van der Waals surface area contributed by atoms with E-state index >= 15 is 0 Å². The predicted molar refractivity (Wildman–Crippen MR) is 75.9 cm³/mol. The average Bonchev–Trinajstić information content (AvgIpc) is 2.77. The highest BCUT2D eigenvalue weighted by Gasteiger charge is 2.51. The number of aliphatic hydroxyl groups excluding tert-OH is 1. The van der Waals surface area contributed by atoms with Gasteiger partial charge in [-0.3, -0.25) is 4.79 Å². The maximum Gasteiger partial charge on any atom is 0.407 e. The molecule has 21 heavy (non-hydrogen) atoms. The molecule has 1 spiro atoms. The molecule has 3 fully saturated rings. The Balaban J connectivity index is 1.69. The Bertz CT molecular complexity index is 433. The van der Waals surface area contributed by atoms with E-state index in [2.05, 4.69) is 0 Å². The van der Waals surface area contributed by atoms with Gasteiger partial charge in [0.2, 0.25) is 5.91 Å². The third kappa shape index (κ3) is 2.61. The quantitative estimate of drug-likeness (QED) is 0.764. The second-order valence-corrected chi connectivity index (χ2v) is 6.80. The summed E-state index contributed by atoms with van der Waals surface area (Å²) in [6.45, 7) is 1.64. The van der Waals surface area contributed by atoms with Crippen LogP contribution in [0.5, 0.6) is 0 Å². The normalized spacial score (nSPS) is 37.3. The Hall–Kier alpha value is -1.30. The van der Waals surface area contributed by atoms with Gasteiger partial charge in [-0.1, -0.05) is 0 Å². The van der Waals surface area contributed by atoms with Crippen LogP contribution >= 0.6 is 0 Å². The second-order valence-electron chi connectivity index (χ2n) is 6.80. The minimum absolute atomic E-state index is 0.148. The molecule has 1 aliphatic carbocycles. The molecule has 2 aliphatic heterocycles. The Morgan fingerprint density at radius 1 is 1.14 bits per heavy atom. The summed E-state index contributed by atoms with van der Waals surface area (Å²) in [5, 5.41) is 18.8. The Kier molecular flexibility index (Phi) is 3.82. The number of amides is 2. The Morgan fingerprint density at radius 2 is 1.86 bits per heavy atom. The lowest BCUT2D eigenvalue weighted by molar-refractivity contribution is -0.141. The molecule has 1 atom stereocenters. The summed E-state index contributed by atoms with van der Waals surface area (Å²) in [4.78, 5) is 27.4. The van der Waals surface area contributed by atoms with Crippen LogP contribution < -0.4 is 0 Å². The van der Waals surface area contributed by atoms with Crippen LogP contribution in [0.25, 0.3) is 0 Å². The van der Waals surface area contributed by atoms with Crippen molar-refractivity contribution >= 4 is 12.0 Å². The summed E-state index contributed by atoms with van der Waals surface area (Å²) in [5.74, 6) is 0.148. The minimum atomic E-state index is -0.916. The molecule has 2 N–H and O–H groups in total. The number of likely N-dealkylation sites (tertiary alicyclic amines) is 2. The van der Waals surface area contributed by atoms with Crippen LogP contribution in [0.4, 0.5) is 4.79 Å². The molecule has 0 aromatic heterocycles. The third-order valence-electron chi connectivity index (χ3n) is 5.50. The number of carbonyl (C=O) groups excluding carboxylic acids is 1. The second kappa shape index (κ2) is 5.48. The van der Waals surface area contributed by atoms with Gasteiger partial charge in [0.05, 0.1) is 11.5 Å². The molecule has 0 radical (unpaired) electrons. The molecular weight excluding hydrogens is 272 g/mol. The molecule has 0 aromatic carbocycles. The van der Waals surface area contributed by atoms with Gasteiger partial charge in [-0.25, -0.2) is 4.79 Å². The van der Waals surface area contributed by atoms with E-state index in [4.69, 9.17) is 0 Å². The van der Waals surface area contributed by atoms with Crippen LogP contribution in [-0.4, -0.2) is 63.8 Å². The molecule has 3 rings (SSSR count). The lowest BCUT2D eigenvalue weighted by Crippen LogP contribution is -2.51. The Labute approximate surface area is 124 Å². The first-order valence-corrected chi connectivity index (χ1v) is 7.99. The molecule has 6 nitrogen and oxygen atoms in total. The number of carboxylic acid groups (broad SMARTS) is 1. The van der Waals surface area contributed by atoms with Crippen molar-refractivity contribution in [3.63, 3.8) is 0 Å². The summed E-state index contributed by atoms with van der Waals surface area (Å²) in [7, 11) is 0. The minimum Gasteiger partial charge on any atom is -0.465 e. The van der Waals surface area contributed by atoms with E-state index in [0.29, 0.717) is 13.1 Å². The van der Waals surface area contributed by atoms with Crippen LogP contribution in [0.1, 0.15) is 44.9 Å². The molecule has 118 valence electrons. The van der Waals surface area contributed by atoms with E-state index in [9.17, 15) is 19.8 Å². The summed E-state index contributed by atoms with van der Waals surface area (Å²) in [5.41, 5.74) is -0.479. The molecular formula is C15H24N2O4. The predicted octanol–water partition coefficient (Wildman–Crippen LogP) is 1.28. The van der Waals surface area contributed by atoms with Crippen LogP contribution in [0.2, 0.25) is 0 Å². The van der Waals surface area contributed by atoms with E-state index in [1.807, 2.05) is 4.90 Å². The Morgan fingerprint density at radius 3 is 2.52 bits per heavy atom. The van der Waals surface area contributed by atoms with Gasteiger partial charge < -0.3 is 20.0 Å². The summed E-state index contributed by atoms with van der Waals surface area (Å²) in [6.07, 6.45) is 4.49. The number of rotatable bonds is 1. The fraction of sp³-hybridized carbons (Fsp3) is 0.867. The van der Waals surface area contributed by atoms with E-state index in [1.54, 1.807) is 0 Å². The van der Waals surface area contributed by atoms with E-state index in [-0.39, 0.29) is 18.1 Å². The zero-order chi connectivity index (χ0) is 15.0. The van der Waals surface area contributed by atoms with Gasteiger partial charge in [-0.15, -0.1) is 0 Å². The average molecular weight is 296 g/mol. The van der Waals surface area contributed by atoms with Crippen LogP contribution in [0.3, 0.4) is 0 Å². The summed E-state index contributed by atoms with van der Waals surface area (Å²) < 4.78 is 0. The first-order valence-electron chi connectivity index (χ1n) is 7.99. The maximum absolute atomic E-state index is 12.9. The molecule has 1 saturated carbocycles. The van der Waals surface area contributed by atoms with Crippen molar-refractivity contribution in [1.82, 2.24) is 9.80 Å². The van der Waals surface area contributed by atoms with E-state index in [1.165, 1.54) is 4.90 Å². The molecule has 0 bridgehead atoms. The van der Waals surface area contributed by atoms with Crippen molar-refractivity contribution < 1.29 is 19.8 Å². The largest absolute Gasteiger partial charge is 0.465 e. The fourth-order valence-electron chi connectivity index (χ4n) is 4.24. The van der Waals surface area contributed by atoms with E-state index in [0.717, 1.165) is 51.5 Å². The van der Waals surface area contributed by atoms with Gasteiger partial charge >= 0.3 is 6.09 Å². The van der Waals surface area contributed by atoms with Gasteiger partial charge in [-0.2, -0.15) is 0 Å². The third-order valence-corrected chi connectivity index (χ3v) is 5.50. The van der Waals surface area contributed by atoms with Crippen LogP contribution in [-0.2, 0) is 4.79 Å². The lowest BCUT2D eigenvalue weighted by atomic mass is 9.78. The van der Waals surface area contributed by atoms with Gasteiger partial charge in [-0.05, 0) is 44.9 Å². The van der Waals surface area contributed by atoms with Crippen molar-refractivity contribution in [3.8, 4) is 0 Å². The van der Waals surface area contributed by atoms with Gasteiger partial charge in [0, 0.05) is 25.7 Å². The molecule has 3 aliphatic rings. The first kappa shape index (κ1) is 14.6. The standard InChI is InChI=1S/C15H24N2O4/c18-12-4-2-11(3-5-12)17-9-7-15(13(17)19)6-1-8-16(10-15)14(20)21/h11-12,18H,1-10H2,(H,20,21)/t11-,12+,15-/m0/s1. The zero-order valence-corrected chi connectivity index (χ0v) is 12.3. The zero-order valence-electron chi connectivity index (χ0n) is 12.3. The number of carbonyl (C=O) groups is 2. The number of aliphatic hydroxyl groups is 1. The molecule has 0 unspecified atom stereocenters. The van der Waals surface area contributed by atoms with E-state index < -0.39 is 11.5 Å².